The summed E-state index contributed by atoms with van der Waals surface area (Å²) in [5, 5.41) is 10.5. The Bertz CT molecular complexity index is 460. The number of amides is 1. The van der Waals surface area contributed by atoms with Gasteiger partial charge in [0, 0.05) is 19.4 Å². The second kappa shape index (κ2) is 6.03. The molecule has 1 aromatic heterocycles. The molecule has 0 aromatic carbocycles. The SMILES string of the molecule is NC(=S)C1(C(=O)NCc2cccnn2)CCOCC1. The number of nitrogens with zero attached hydrogens (tertiary/aromatic N) is 2. The van der Waals surface area contributed by atoms with Crippen LogP contribution in [-0.2, 0) is 16.1 Å². The highest BCUT2D eigenvalue weighted by atomic mass is 32.1. The number of nitrogens with two attached hydrogens (primary N) is 1. The number of aromatic nitrogens is 2. The number of carbonyl (C=O) groups is 1. The minimum absolute atomic E-state index is 0.158. The number of nitrogens with one attached hydrogen (secondary N) is 1. The lowest BCUT2D eigenvalue weighted by Gasteiger charge is -2.34. The fourth-order valence-corrected chi connectivity index (χ4v) is 2.37. The zero-order valence-corrected chi connectivity index (χ0v) is 11.3. The van der Waals surface area contributed by atoms with Gasteiger partial charge in [0.15, 0.2) is 0 Å². The Balaban J connectivity index is 2.02. The van der Waals surface area contributed by atoms with Crippen LogP contribution >= 0.6 is 12.2 Å². The normalized spacial score (nSPS) is 17.7. The molecule has 1 amide bonds. The lowest BCUT2D eigenvalue weighted by atomic mass is 9.79. The van der Waals surface area contributed by atoms with Crippen molar-refractivity contribution in [2.45, 2.75) is 19.4 Å². The molecule has 0 spiro atoms. The van der Waals surface area contributed by atoms with E-state index in [4.69, 9.17) is 22.7 Å². The summed E-state index contributed by atoms with van der Waals surface area (Å²) in [7, 11) is 0. The van der Waals surface area contributed by atoms with Crippen molar-refractivity contribution in [1.82, 2.24) is 15.5 Å². The average Bonchev–Trinajstić information content (AvgIpc) is 2.46. The maximum atomic E-state index is 12.4. The number of thiocarbonyl (C=S) groups is 1. The van der Waals surface area contributed by atoms with Crippen molar-refractivity contribution in [3.63, 3.8) is 0 Å². The van der Waals surface area contributed by atoms with Gasteiger partial charge in [0.05, 0.1) is 17.2 Å². The van der Waals surface area contributed by atoms with Crippen molar-refractivity contribution in [2.24, 2.45) is 11.1 Å². The average molecular weight is 280 g/mol. The molecule has 0 aliphatic carbocycles. The molecule has 19 heavy (non-hydrogen) atoms. The molecular formula is C12H16N4O2S. The van der Waals surface area contributed by atoms with Crippen LogP contribution in [0.15, 0.2) is 18.3 Å². The summed E-state index contributed by atoms with van der Waals surface area (Å²) in [6, 6.07) is 3.57. The van der Waals surface area contributed by atoms with Gasteiger partial charge in [-0.2, -0.15) is 10.2 Å². The molecule has 1 aromatic rings. The quantitative estimate of drug-likeness (QED) is 0.764. The summed E-state index contributed by atoms with van der Waals surface area (Å²) < 4.78 is 5.27. The van der Waals surface area contributed by atoms with Crippen LogP contribution < -0.4 is 11.1 Å². The Kier molecular flexibility index (Phi) is 4.39. The number of ether oxygens (including phenoxy) is 1. The highest BCUT2D eigenvalue weighted by Crippen LogP contribution is 2.31. The largest absolute Gasteiger partial charge is 0.392 e. The maximum Gasteiger partial charge on any atom is 0.233 e. The summed E-state index contributed by atoms with van der Waals surface area (Å²) in [5.41, 5.74) is 5.66. The van der Waals surface area contributed by atoms with E-state index in [2.05, 4.69) is 15.5 Å². The van der Waals surface area contributed by atoms with Gasteiger partial charge < -0.3 is 15.8 Å². The molecule has 0 saturated carbocycles. The first-order valence-electron chi connectivity index (χ1n) is 6.08. The highest BCUT2D eigenvalue weighted by Gasteiger charge is 2.42. The minimum Gasteiger partial charge on any atom is -0.392 e. The Morgan fingerprint density at radius 3 is 2.84 bits per heavy atom. The molecule has 3 N–H and O–H groups in total. The standard InChI is InChI=1S/C12H16N4O2S/c13-10(19)12(3-6-18-7-4-12)11(17)14-8-9-2-1-5-15-16-9/h1-2,5H,3-4,6-8H2,(H2,13,19)(H,14,17). The topological polar surface area (TPSA) is 90.1 Å². The smallest absolute Gasteiger partial charge is 0.233 e. The van der Waals surface area contributed by atoms with E-state index in [0.29, 0.717) is 38.3 Å². The number of hydrogen-bond acceptors (Lipinski definition) is 5. The van der Waals surface area contributed by atoms with Gasteiger partial charge in [-0.05, 0) is 25.0 Å². The molecular weight excluding hydrogens is 264 g/mol. The van der Waals surface area contributed by atoms with Gasteiger partial charge in [0.25, 0.3) is 0 Å². The molecule has 102 valence electrons. The molecule has 2 rings (SSSR count). The number of hydrogen-bond donors (Lipinski definition) is 2. The van der Waals surface area contributed by atoms with Crippen LogP contribution in [0.4, 0.5) is 0 Å². The fraction of sp³-hybridized carbons (Fsp3) is 0.500. The van der Waals surface area contributed by atoms with Crippen LogP contribution in [0.5, 0.6) is 0 Å². The van der Waals surface area contributed by atoms with Crippen LogP contribution in [-0.4, -0.2) is 34.3 Å². The zero-order chi connectivity index (χ0) is 13.7. The van der Waals surface area contributed by atoms with E-state index in [1.807, 2.05) is 0 Å². The molecule has 6 nitrogen and oxygen atoms in total. The van der Waals surface area contributed by atoms with Gasteiger partial charge in [-0.15, -0.1) is 0 Å². The molecule has 1 aliphatic rings. The van der Waals surface area contributed by atoms with Crippen molar-refractivity contribution >= 4 is 23.1 Å². The highest BCUT2D eigenvalue weighted by molar-refractivity contribution is 7.80. The van der Waals surface area contributed by atoms with Crippen molar-refractivity contribution in [2.75, 3.05) is 13.2 Å². The van der Waals surface area contributed by atoms with Gasteiger partial charge in [-0.25, -0.2) is 0 Å². The number of rotatable bonds is 4. The van der Waals surface area contributed by atoms with Gasteiger partial charge in [-0.3, -0.25) is 4.79 Å². The van der Waals surface area contributed by atoms with Crippen LogP contribution in [0.1, 0.15) is 18.5 Å². The summed E-state index contributed by atoms with van der Waals surface area (Å²) in [6.45, 7) is 1.31. The van der Waals surface area contributed by atoms with Gasteiger partial charge in [0.2, 0.25) is 5.91 Å². The first kappa shape index (κ1) is 13.8. The van der Waals surface area contributed by atoms with Crippen molar-refractivity contribution in [3.8, 4) is 0 Å². The second-order valence-electron chi connectivity index (χ2n) is 4.46. The predicted molar refractivity (Wildman–Crippen MR) is 73.2 cm³/mol. The third-order valence-electron chi connectivity index (χ3n) is 3.31. The molecule has 0 unspecified atom stereocenters. The lowest BCUT2D eigenvalue weighted by Crippen LogP contribution is -2.51. The molecule has 1 fully saturated rings. The molecule has 0 bridgehead atoms. The molecule has 0 radical (unpaired) electrons. The van der Waals surface area contributed by atoms with Crippen molar-refractivity contribution < 1.29 is 9.53 Å². The van der Waals surface area contributed by atoms with E-state index in [9.17, 15) is 4.79 Å². The molecule has 0 atom stereocenters. The van der Waals surface area contributed by atoms with Crippen LogP contribution in [0, 0.1) is 5.41 Å². The van der Waals surface area contributed by atoms with Crippen LogP contribution in [0.2, 0.25) is 0 Å². The Morgan fingerprint density at radius 2 is 2.26 bits per heavy atom. The first-order chi connectivity index (χ1) is 9.15. The summed E-state index contributed by atoms with van der Waals surface area (Å²) >= 11 is 5.07. The van der Waals surface area contributed by atoms with E-state index in [1.54, 1.807) is 18.3 Å². The number of carbonyl (C=O) groups excluding carboxylic acids is 1. The van der Waals surface area contributed by atoms with E-state index in [-0.39, 0.29) is 10.9 Å². The van der Waals surface area contributed by atoms with E-state index in [0.717, 1.165) is 0 Å². The maximum absolute atomic E-state index is 12.4. The summed E-state index contributed by atoms with van der Waals surface area (Å²) in [5.74, 6) is -0.158. The summed E-state index contributed by atoms with van der Waals surface area (Å²) in [4.78, 5) is 12.6. The van der Waals surface area contributed by atoms with Crippen LogP contribution in [0.3, 0.4) is 0 Å². The fourth-order valence-electron chi connectivity index (χ4n) is 2.07. The molecule has 1 aliphatic heterocycles. The minimum atomic E-state index is -0.796. The first-order valence-corrected chi connectivity index (χ1v) is 6.48. The Hall–Kier alpha value is -1.60. The van der Waals surface area contributed by atoms with Gasteiger partial charge >= 0.3 is 0 Å². The summed E-state index contributed by atoms with van der Waals surface area (Å²) in [6.07, 6.45) is 2.63. The van der Waals surface area contributed by atoms with Gasteiger partial charge in [-0.1, -0.05) is 12.2 Å². The third-order valence-corrected chi connectivity index (χ3v) is 3.70. The van der Waals surface area contributed by atoms with E-state index >= 15 is 0 Å². The van der Waals surface area contributed by atoms with Crippen molar-refractivity contribution in [3.05, 3.63) is 24.0 Å². The van der Waals surface area contributed by atoms with Crippen molar-refractivity contribution in [1.29, 1.82) is 0 Å². The monoisotopic (exact) mass is 280 g/mol. The molecule has 7 heteroatoms. The van der Waals surface area contributed by atoms with E-state index in [1.165, 1.54) is 0 Å². The predicted octanol–water partition coefficient (Wildman–Crippen LogP) is 0.176. The Labute approximate surface area is 116 Å². The molecule has 1 saturated heterocycles. The zero-order valence-electron chi connectivity index (χ0n) is 10.5. The Morgan fingerprint density at radius 1 is 1.53 bits per heavy atom. The second-order valence-corrected chi connectivity index (χ2v) is 4.90. The van der Waals surface area contributed by atoms with Crippen LogP contribution in [0.25, 0.3) is 0 Å². The lowest BCUT2D eigenvalue weighted by molar-refractivity contribution is -0.131. The molecule has 2 heterocycles. The van der Waals surface area contributed by atoms with Gasteiger partial charge in [0.1, 0.15) is 5.41 Å². The van der Waals surface area contributed by atoms with E-state index < -0.39 is 5.41 Å². The third kappa shape index (κ3) is 3.05.